The third-order valence-electron chi connectivity index (χ3n) is 5.90. The number of hydrogen-bond acceptors (Lipinski definition) is 5. The van der Waals surface area contributed by atoms with Gasteiger partial charge in [0.15, 0.2) is 5.66 Å². The molecule has 2 atom stereocenters. The van der Waals surface area contributed by atoms with E-state index < -0.39 is 11.5 Å². The van der Waals surface area contributed by atoms with Gasteiger partial charge < -0.3 is 11.1 Å². The quantitative estimate of drug-likeness (QED) is 0.499. The fraction of sp³-hybridized carbons (Fsp3) is 0.348. The van der Waals surface area contributed by atoms with E-state index in [0.29, 0.717) is 29.0 Å². The minimum absolute atomic E-state index is 0.0281. The Hall–Kier alpha value is -2.66. The Kier molecular flexibility index (Phi) is 5.65. The molecule has 0 saturated carbocycles. The molecule has 2 aliphatic rings. The summed E-state index contributed by atoms with van der Waals surface area (Å²) in [6.45, 7) is 3.70. The summed E-state index contributed by atoms with van der Waals surface area (Å²) >= 11 is 5.96. The van der Waals surface area contributed by atoms with E-state index in [4.69, 9.17) is 23.1 Å². The van der Waals surface area contributed by atoms with Gasteiger partial charge in [-0.05, 0) is 38.1 Å². The van der Waals surface area contributed by atoms with E-state index in [1.54, 1.807) is 24.3 Å². The number of nitrogen functional groups attached to an aromatic ring is 1. The molecule has 2 unspecified atom stereocenters. The smallest absolute Gasteiger partial charge is 0.166 e. The van der Waals surface area contributed by atoms with E-state index in [2.05, 4.69) is 34.0 Å². The molecule has 5 nitrogen and oxygen atoms in total. The van der Waals surface area contributed by atoms with Crippen molar-refractivity contribution in [1.82, 2.24) is 4.90 Å². The van der Waals surface area contributed by atoms with Crippen molar-refractivity contribution in [3.8, 4) is 11.8 Å². The average Bonchev–Trinajstić information content (AvgIpc) is 3.10. The largest absolute Gasteiger partial charge is 0.398 e. The predicted molar refractivity (Wildman–Crippen MR) is 121 cm³/mol. The summed E-state index contributed by atoms with van der Waals surface area (Å²) in [5.74, 6) is 5.88. The molecule has 0 aliphatic carbocycles. The fourth-order valence-electron chi connectivity index (χ4n) is 4.13. The molecule has 4 rings (SSSR count). The number of nitrogens with two attached hydrogens (primary N) is 2. The molecule has 0 spiro atoms. The number of hydrogen-bond donors (Lipinski definition) is 3. The lowest BCUT2D eigenvalue weighted by molar-refractivity contribution is 0.279. The normalized spacial score (nSPS) is 24.9. The zero-order valence-corrected chi connectivity index (χ0v) is 17.9. The Balaban J connectivity index is 1.70. The molecule has 0 amide bonds. The van der Waals surface area contributed by atoms with E-state index in [-0.39, 0.29) is 22.7 Å². The standard InChI is InChI=1S/C23H24ClF2N5/c1-22(7-9-31(13-22)10-8-25)6-5-15-11-20-17(12-19(15)27)23(28,30-14-29-20)16-3-2-4-18(24)21(16)26/h2-4,11-12,14H,7-10,13,27-28H2,1H3,(H,29,30). The van der Waals surface area contributed by atoms with Crippen molar-refractivity contribution in [3.05, 3.63) is 57.9 Å². The van der Waals surface area contributed by atoms with Crippen molar-refractivity contribution in [2.45, 2.75) is 19.0 Å². The summed E-state index contributed by atoms with van der Waals surface area (Å²) < 4.78 is 27.4. The van der Waals surface area contributed by atoms with Gasteiger partial charge in [0.25, 0.3) is 0 Å². The van der Waals surface area contributed by atoms with Gasteiger partial charge in [-0.25, -0.2) is 13.8 Å². The van der Waals surface area contributed by atoms with Crippen molar-refractivity contribution >= 4 is 29.3 Å². The third kappa shape index (κ3) is 3.99. The Labute approximate surface area is 185 Å². The van der Waals surface area contributed by atoms with E-state index >= 15 is 0 Å². The van der Waals surface area contributed by atoms with E-state index in [9.17, 15) is 8.78 Å². The van der Waals surface area contributed by atoms with Crippen molar-refractivity contribution in [2.75, 3.05) is 37.4 Å². The maximum absolute atomic E-state index is 14.7. The summed E-state index contributed by atoms with van der Waals surface area (Å²) in [6.07, 6.45) is 2.30. The maximum atomic E-state index is 14.7. The molecule has 2 heterocycles. The van der Waals surface area contributed by atoms with Crippen LogP contribution in [0.3, 0.4) is 0 Å². The molecule has 0 bridgehead atoms. The highest BCUT2D eigenvalue weighted by atomic mass is 35.5. The number of rotatable bonds is 3. The molecule has 0 radical (unpaired) electrons. The number of nitrogens with zero attached hydrogens (tertiary/aromatic N) is 2. The number of nitrogens with one attached hydrogen (secondary N) is 1. The minimum atomic E-state index is -1.47. The first-order valence-corrected chi connectivity index (χ1v) is 10.4. The summed E-state index contributed by atoms with van der Waals surface area (Å²) in [7, 11) is 0. The van der Waals surface area contributed by atoms with Crippen LogP contribution in [-0.2, 0) is 5.66 Å². The Morgan fingerprint density at radius 1 is 1.32 bits per heavy atom. The minimum Gasteiger partial charge on any atom is -0.398 e. The van der Waals surface area contributed by atoms with Crippen LogP contribution in [0.5, 0.6) is 0 Å². The van der Waals surface area contributed by atoms with Crippen LogP contribution in [0.4, 0.5) is 20.2 Å². The van der Waals surface area contributed by atoms with Crippen LogP contribution in [0.1, 0.15) is 30.0 Å². The fourth-order valence-corrected chi connectivity index (χ4v) is 4.31. The zero-order valence-electron chi connectivity index (χ0n) is 17.2. The predicted octanol–water partition coefficient (Wildman–Crippen LogP) is 3.71. The third-order valence-corrected chi connectivity index (χ3v) is 6.19. The molecule has 162 valence electrons. The monoisotopic (exact) mass is 443 g/mol. The highest BCUT2D eigenvalue weighted by Gasteiger charge is 2.37. The summed E-state index contributed by atoms with van der Waals surface area (Å²) in [6, 6.07) is 8.12. The summed E-state index contributed by atoms with van der Waals surface area (Å²) in [5, 5.41) is 3.02. The first-order chi connectivity index (χ1) is 14.8. The highest BCUT2D eigenvalue weighted by molar-refractivity contribution is 6.30. The van der Waals surface area contributed by atoms with Crippen molar-refractivity contribution in [2.24, 2.45) is 16.1 Å². The molecule has 8 heteroatoms. The van der Waals surface area contributed by atoms with Crippen LogP contribution < -0.4 is 16.8 Å². The molecule has 2 aliphatic heterocycles. The highest BCUT2D eigenvalue weighted by Crippen LogP contribution is 2.40. The van der Waals surface area contributed by atoms with Crippen molar-refractivity contribution in [3.63, 3.8) is 0 Å². The Morgan fingerprint density at radius 3 is 2.90 bits per heavy atom. The SMILES string of the molecule is CC1(C#Cc2cc3c(cc2N)C(N)(c2cccc(Cl)c2F)N=CN3)CCN(CCF)C1. The number of anilines is 2. The van der Waals surface area contributed by atoms with Gasteiger partial charge in [0, 0.05) is 46.6 Å². The van der Waals surface area contributed by atoms with Crippen LogP contribution >= 0.6 is 11.6 Å². The second-order valence-corrected chi connectivity index (χ2v) is 8.69. The second-order valence-electron chi connectivity index (χ2n) is 8.28. The average molecular weight is 444 g/mol. The maximum Gasteiger partial charge on any atom is 0.166 e. The van der Waals surface area contributed by atoms with Gasteiger partial charge in [-0.15, -0.1) is 0 Å². The summed E-state index contributed by atoms with van der Waals surface area (Å²) in [4.78, 5) is 6.38. The number of alkyl halides is 1. The van der Waals surface area contributed by atoms with E-state index in [0.717, 1.165) is 19.5 Å². The molecular formula is C23H24ClF2N5. The Morgan fingerprint density at radius 2 is 2.13 bits per heavy atom. The molecule has 1 fully saturated rings. The Bertz CT molecular complexity index is 1110. The number of fused-ring (bicyclic) bond motifs is 1. The van der Waals surface area contributed by atoms with Crippen LogP contribution in [0.25, 0.3) is 0 Å². The van der Waals surface area contributed by atoms with Gasteiger partial charge in [-0.2, -0.15) is 0 Å². The second kappa shape index (κ2) is 8.12. The molecular weight excluding hydrogens is 420 g/mol. The lowest BCUT2D eigenvalue weighted by Gasteiger charge is -2.32. The number of aliphatic imine (C=N–C) groups is 1. The van der Waals surface area contributed by atoms with E-state index in [1.165, 1.54) is 12.4 Å². The van der Waals surface area contributed by atoms with Crippen molar-refractivity contribution in [1.29, 1.82) is 0 Å². The molecule has 2 aromatic rings. The number of benzene rings is 2. The van der Waals surface area contributed by atoms with Gasteiger partial charge >= 0.3 is 0 Å². The van der Waals surface area contributed by atoms with Gasteiger partial charge in [0.05, 0.1) is 11.4 Å². The van der Waals surface area contributed by atoms with Gasteiger partial charge in [-0.1, -0.05) is 35.6 Å². The van der Waals surface area contributed by atoms with Crippen LogP contribution in [0, 0.1) is 23.1 Å². The number of likely N-dealkylation sites (tertiary alicyclic amines) is 1. The topological polar surface area (TPSA) is 79.7 Å². The molecule has 2 aromatic carbocycles. The lowest BCUT2D eigenvalue weighted by atomic mass is 9.87. The van der Waals surface area contributed by atoms with Crippen molar-refractivity contribution < 1.29 is 8.78 Å². The molecule has 31 heavy (non-hydrogen) atoms. The first kappa shape index (κ1) is 21.6. The zero-order chi connectivity index (χ0) is 22.2. The van der Waals surface area contributed by atoms with Crippen LogP contribution in [0.2, 0.25) is 5.02 Å². The first-order valence-electron chi connectivity index (χ1n) is 10.0. The summed E-state index contributed by atoms with van der Waals surface area (Å²) in [5.41, 5.74) is 13.5. The van der Waals surface area contributed by atoms with Gasteiger partial charge in [-0.3, -0.25) is 10.6 Å². The molecule has 0 aromatic heterocycles. The van der Waals surface area contributed by atoms with Gasteiger partial charge in [0.1, 0.15) is 12.5 Å². The molecule has 5 N–H and O–H groups in total. The van der Waals surface area contributed by atoms with Crippen LogP contribution in [-0.4, -0.2) is 37.5 Å². The van der Waals surface area contributed by atoms with Gasteiger partial charge in [0.2, 0.25) is 0 Å². The molecule has 1 saturated heterocycles. The number of halogens is 3. The van der Waals surface area contributed by atoms with E-state index in [1.807, 2.05) is 0 Å². The van der Waals surface area contributed by atoms with Crippen LogP contribution in [0.15, 0.2) is 35.3 Å². The lowest BCUT2D eigenvalue weighted by Crippen LogP contribution is -2.40.